The predicted octanol–water partition coefficient (Wildman–Crippen LogP) is 3.44. The molecule has 0 fully saturated rings. The maximum Gasteiger partial charge on any atom is 0.307 e. The summed E-state index contributed by atoms with van der Waals surface area (Å²) in [6.07, 6.45) is 6.18. The fourth-order valence-electron chi connectivity index (χ4n) is 1.70. The first-order valence-corrected chi connectivity index (χ1v) is 6.27. The minimum Gasteiger partial charge on any atom is -0.493 e. The lowest BCUT2D eigenvalue weighted by Gasteiger charge is -2.09. The van der Waals surface area contributed by atoms with E-state index >= 15 is 0 Å². The third-order valence-electron chi connectivity index (χ3n) is 2.62. The van der Waals surface area contributed by atoms with Gasteiger partial charge in [0.25, 0.3) is 0 Å². The summed E-state index contributed by atoms with van der Waals surface area (Å²) < 4.78 is 5.63. The second-order valence-corrected chi connectivity index (χ2v) is 4.16. The highest BCUT2D eigenvalue weighted by atomic mass is 16.5. The molecule has 0 aliphatic heterocycles. The van der Waals surface area contributed by atoms with Crippen molar-refractivity contribution in [2.24, 2.45) is 0 Å². The molecule has 0 amide bonds. The van der Waals surface area contributed by atoms with Crippen LogP contribution in [0.25, 0.3) is 0 Å². The van der Waals surface area contributed by atoms with Crippen molar-refractivity contribution in [1.29, 1.82) is 0 Å². The monoisotopic (exact) mass is 248 g/mol. The fourth-order valence-corrected chi connectivity index (χ4v) is 1.70. The van der Waals surface area contributed by atoms with Crippen molar-refractivity contribution in [3.05, 3.63) is 42.5 Å². The van der Waals surface area contributed by atoms with Gasteiger partial charge in [-0.15, -0.1) is 6.58 Å². The molecule has 1 aromatic rings. The molecule has 0 atom stereocenters. The first-order valence-electron chi connectivity index (χ1n) is 6.27. The van der Waals surface area contributed by atoms with Crippen LogP contribution < -0.4 is 4.74 Å². The van der Waals surface area contributed by atoms with Crippen molar-refractivity contribution in [2.75, 3.05) is 6.61 Å². The molecule has 0 aliphatic rings. The van der Waals surface area contributed by atoms with Gasteiger partial charge in [0.1, 0.15) is 5.75 Å². The van der Waals surface area contributed by atoms with Crippen LogP contribution in [-0.4, -0.2) is 17.7 Å². The number of hydrogen-bond acceptors (Lipinski definition) is 2. The summed E-state index contributed by atoms with van der Waals surface area (Å²) in [4.78, 5) is 10.7. The number of allylic oxidation sites excluding steroid dienone is 1. The Morgan fingerprint density at radius 1 is 1.28 bits per heavy atom. The highest BCUT2D eigenvalue weighted by Crippen LogP contribution is 2.19. The normalized spacial score (nSPS) is 10.0. The molecular weight excluding hydrogens is 228 g/mol. The van der Waals surface area contributed by atoms with Crippen LogP contribution in [0.2, 0.25) is 0 Å². The van der Waals surface area contributed by atoms with Crippen LogP contribution in [0.3, 0.4) is 0 Å². The molecule has 98 valence electrons. The Morgan fingerprint density at radius 3 is 2.78 bits per heavy atom. The summed E-state index contributed by atoms with van der Waals surface area (Å²) in [6.45, 7) is 4.31. The lowest BCUT2D eigenvalue weighted by atomic mass is 10.1. The second kappa shape index (κ2) is 8.34. The molecule has 0 spiro atoms. The Hall–Kier alpha value is -1.77. The number of carboxylic acids is 1. The summed E-state index contributed by atoms with van der Waals surface area (Å²) in [6, 6.07) is 7.30. The zero-order chi connectivity index (χ0) is 13.2. The largest absolute Gasteiger partial charge is 0.493 e. The molecular formula is C15H20O3. The van der Waals surface area contributed by atoms with Gasteiger partial charge in [-0.05, 0) is 31.7 Å². The van der Waals surface area contributed by atoms with Crippen molar-refractivity contribution in [3.63, 3.8) is 0 Å². The maximum absolute atomic E-state index is 10.7. The molecule has 0 bridgehead atoms. The van der Waals surface area contributed by atoms with E-state index in [0.29, 0.717) is 12.4 Å². The van der Waals surface area contributed by atoms with Crippen molar-refractivity contribution in [3.8, 4) is 5.75 Å². The summed E-state index contributed by atoms with van der Waals surface area (Å²) >= 11 is 0. The van der Waals surface area contributed by atoms with Gasteiger partial charge in [-0.3, -0.25) is 4.79 Å². The zero-order valence-corrected chi connectivity index (χ0v) is 10.6. The SMILES string of the molecule is C=CCCCCCOc1ccccc1CC(=O)O. The van der Waals surface area contributed by atoms with Gasteiger partial charge < -0.3 is 9.84 Å². The van der Waals surface area contributed by atoms with Gasteiger partial charge in [0.15, 0.2) is 0 Å². The van der Waals surface area contributed by atoms with Crippen molar-refractivity contribution in [2.45, 2.75) is 32.1 Å². The Bertz CT molecular complexity index is 385. The van der Waals surface area contributed by atoms with Crippen LogP contribution in [0.4, 0.5) is 0 Å². The second-order valence-electron chi connectivity index (χ2n) is 4.16. The van der Waals surface area contributed by atoms with Crippen LogP contribution in [0.15, 0.2) is 36.9 Å². The molecule has 0 aromatic heterocycles. The lowest BCUT2D eigenvalue weighted by Crippen LogP contribution is -2.04. The van der Waals surface area contributed by atoms with E-state index in [1.807, 2.05) is 24.3 Å². The Kier molecular flexibility index (Phi) is 6.62. The van der Waals surface area contributed by atoms with E-state index < -0.39 is 5.97 Å². The molecule has 0 saturated carbocycles. The highest BCUT2D eigenvalue weighted by molar-refractivity contribution is 5.71. The van der Waals surface area contributed by atoms with Gasteiger partial charge in [0.2, 0.25) is 0 Å². The number of carboxylic acid groups (broad SMARTS) is 1. The molecule has 18 heavy (non-hydrogen) atoms. The van der Waals surface area contributed by atoms with Gasteiger partial charge in [-0.1, -0.05) is 24.3 Å². The third-order valence-corrected chi connectivity index (χ3v) is 2.62. The van der Waals surface area contributed by atoms with Crippen molar-refractivity contribution >= 4 is 5.97 Å². The predicted molar refractivity (Wildman–Crippen MR) is 71.9 cm³/mol. The van der Waals surface area contributed by atoms with E-state index in [-0.39, 0.29) is 6.42 Å². The van der Waals surface area contributed by atoms with Gasteiger partial charge in [0.05, 0.1) is 13.0 Å². The number of unbranched alkanes of at least 4 members (excludes halogenated alkanes) is 3. The number of benzene rings is 1. The first kappa shape index (κ1) is 14.3. The molecule has 3 nitrogen and oxygen atoms in total. The molecule has 3 heteroatoms. The number of hydrogen-bond donors (Lipinski definition) is 1. The summed E-state index contributed by atoms with van der Waals surface area (Å²) in [5.74, 6) is -0.152. The standard InChI is InChI=1S/C15H20O3/c1-2-3-4-5-8-11-18-14-10-7-6-9-13(14)12-15(16)17/h2,6-7,9-10H,1,3-5,8,11-12H2,(H,16,17). The van der Waals surface area contributed by atoms with E-state index in [1.54, 1.807) is 6.07 Å². The average molecular weight is 248 g/mol. The molecule has 1 rings (SSSR count). The summed E-state index contributed by atoms with van der Waals surface area (Å²) in [7, 11) is 0. The van der Waals surface area contributed by atoms with Crippen molar-refractivity contribution < 1.29 is 14.6 Å². The summed E-state index contributed by atoms with van der Waals surface area (Å²) in [5.41, 5.74) is 0.732. The molecule has 1 aromatic carbocycles. The molecule has 0 saturated heterocycles. The van der Waals surface area contributed by atoms with E-state index in [9.17, 15) is 4.79 Å². The van der Waals surface area contributed by atoms with Crippen LogP contribution in [0, 0.1) is 0 Å². The number of carbonyl (C=O) groups is 1. The van der Waals surface area contributed by atoms with Gasteiger partial charge in [-0.2, -0.15) is 0 Å². The zero-order valence-electron chi connectivity index (χ0n) is 10.6. The molecule has 0 radical (unpaired) electrons. The third kappa shape index (κ3) is 5.53. The Balaban J connectivity index is 2.36. The minimum absolute atomic E-state index is 0.00658. The Morgan fingerprint density at radius 2 is 2.06 bits per heavy atom. The molecule has 1 N–H and O–H groups in total. The smallest absolute Gasteiger partial charge is 0.307 e. The number of ether oxygens (including phenoxy) is 1. The van der Waals surface area contributed by atoms with Crippen LogP contribution >= 0.6 is 0 Å². The van der Waals surface area contributed by atoms with E-state index in [2.05, 4.69) is 6.58 Å². The number of para-hydroxylation sites is 1. The highest BCUT2D eigenvalue weighted by Gasteiger charge is 2.06. The van der Waals surface area contributed by atoms with Crippen LogP contribution in [0.1, 0.15) is 31.2 Å². The van der Waals surface area contributed by atoms with Gasteiger partial charge in [0, 0.05) is 5.56 Å². The van der Waals surface area contributed by atoms with Crippen LogP contribution in [0.5, 0.6) is 5.75 Å². The van der Waals surface area contributed by atoms with Crippen LogP contribution in [-0.2, 0) is 11.2 Å². The number of rotatable bonds is 9. The molecule has 0 unspecified atom stereocenters. The first-order chi connectivity index (χ1) is 8.74. The van der Waals surface area contributed by atoms with E-state index in [1.165, 1.54) is 0 Å². The maximum atomic E-state index is 10.7. The quantitative estimate of drug-likeness (QED) is 0.538. The van der Waals surface area contributed by atoms with Crippen molar-refractivity contribution in [1.82, 2.24) is 0 Å². The van der Waals surface area contributed by atoms with E-state index in [0.717, 1.165) is 31.2 Å². The number of aliphatic carboxylic acids is 1. The van der Waals surface area contributed by atoms with Gasteiger partial charge in [-0.25, -0.2) is 0 Å². The minimum atomic E-state index is -0.836. The fraction of sp³-hybridized carbons (Fsp3) is 0.400. The molecule has 0 aliphatic carbocycles. The Labute approximate surface area is 108 Å². The topological polar surface area (TPSA) is 46.5 Å². The van der Waals surface area contributed by atoms with Gasteiger partial charge >= 0.3 is 5.97 Å². The average Bonchev–Trinajstić information content (AvgIpc) is 2.35. The lowest BCUT2D eigenvalue weighted by molar-refractivity contribution is -0.136. The summed E-state index contributed by atoms with van der Waals surface area (Å²) in [5, 5.41) is 8.80. The van der Waals surface area contributed by atoms with E-state index in [4.69, 9.17) is 9.84 Å². The molecule has 0 heterocycles.